The number of nitrogens with zero attached hydrogens (tertiary/aromatic N) is 1. The van der Waals surface area contributed by atoms with Crippen LogP contribution in [-0.2, 0) is 23.9 Å². The number of methoxy groups -OCH3 is 1. The van der Waals surface area contributed by atoms with E-state index in [2.05, 4.69) is 22.8 Å². The van der Waals surface area contributed by atoms with E-state index < -0.39 is 42.0 Å². The Morgan fingerprint density at radius 1 is 0.875 bits per heavy atom. The lowest BCUT2D eigenvalue weighted by Gasteiger charge is -2.33. The van der Waals surface area contributed by atoms with Gasteiger partial charge in [-0.25, -0.2) is 9.59 Å². The average molecular weight is 552 g/mol. The highest BCUT2D eigenvalue weighted by molar-refractivity contribution is 5.93. The second-order valence-electron chi connectivity index (χ2n) is 11.0. The number of hydrogen-bond donors (Lipinski definition) is 2. The van der Waals surface area contributed by atoms with E-state index in [-0.39, 0.29) is 24.4 Å². The van der Waals surface area contributed by atoms with Crippen LogP contribution < -0.4 is 10.6 Å². The van der Waals surface area contributed by atoms with Gasteiger partial charge in [0.2, 0.25) is 11.8 Å². The summed E-state index contributed by atoms with van der Waals surface area (Å²) in [5.41, 5.74) is 4.44. The first-order chi connectivity index (χ1) is 19.0. The molecule has 3 amide bonds. The van der Waals surface area contributed by atoms with E-state index in [1.165, 1.54) is 26.0 Å². The fourth-order valence-electron chi connectivity index (χ4n) is 5.09. The molecule has 0 bridgehead atoms. The monoisotopic (exact) mass is 551 g/mol. The minimum absolute atomic E-state index is 0.0898. The van der Waals surface area contributed by atoms with E-state index >= 15 is 0 Å². The first kappa shape index (κ1) is 30.7. The van der Waals surface area contributed by atoms with E-state index in [4.69, 9.17) is 9.47 Å². The number of alkyl carbamates (subject to hydrolysis) is 1. The van der Waals surface area contributed by atoms with Crippen molar-refractivity contribution in [1.29, 1.82) is 0 Å². The third-order valence-electron chi connectivity index (χ3n) is 7.28. The van der Waals surface area contributed by atoms with Crippen molar-refractivity contribution in [1.82, 2.24) is 15.5 Å². The fourth-order valence-corrected chi connectivity index (χ4v) is 5.09. The molecule has 216 valence electrons. The number of rotatable bonds is 11. The summed E-state index contributed by atoms with van der Waals surface area (Å²) in [7, 11) is 2.78. The highest BCUT2D eigenvalue weighted by Crippen LogP contribution is 2.44. The molecule has 0 radical (unpaired) electrons. The summed E-state index contributed by atoms with van der Waals surface area (Å²) in [5.74, 6) is -1.76. The van der Waals surface area contributed by atoms with E-state index in [0.29, 0.717) is 6.42 Å². The van der Waals surface area contributed by atoms with Crippen molar-refractivity contribution in [3.05, 3.63) is 59.7 Å². The molecule has 2 aromatic rings. The molecule has 2 N–H and O–H groups in total. The molecule has 40 heavy (non-hydrogen) atoms. The number of fused-ring (bicyclic) bond motifs is 3. The smallest absolute Gasteiger partial charge is 0.407 e. The van der Waals surface area contributed by atoms with Crippen LogP contribution in [0.5, 0.6) is 0 Å². The molecule has 2 aromatic carbocycles. The number of benzene rings is 2. The van der Waals surface area contributed by atoms with Gasteiger partial charge in [-0.05, 0) is 47.4 Å². The Morgan fingerprint density at radius 2 is 1.43 bits per heavy atom. The maximum absolute atomic E-state index is 13.6. The first-order valence-electron chi connectivity index (χ1n) is 13.7. The molecule has 3 atom stereocenters. The van der Waals surface area contributed by atoms with Crippen molar-refractivity contribution in [3.63, 3.8) is 0 Å². The van der Waals surface area contributed by atoms with Gasteiger partial charge in [-0.1, -0.05) is 76.2 Å². The number of carbonyl (C=O) groups is 4. The van der Waals surface area contributed by atoms with Crippen LogP contribution in [0.2, 0.25) is 0 Å². The number of nitrogens with one attached hydrogen (secondary N) is 2. The van der Waals surface area contributed by atoms with Crippen LogP contribution in [0, 0.1) is 11.8 Å². The molecular weight excluding hydrogens is 510 g/mol. The van der Waals surface area contributed by atoms with Crippen LogP contribution >= 0.6 is 0 Å². The topological polar surface area (TPSA) is 114 Å². The first-order valence-corrected chi connectivity index (χ1v) is 13.7. The van der Waals surface area contributed by atoms with Gasteiger partial charge in [0, 0.05) is 13.0 Å². The van der Waals surface area contributed by atoms with Gasteiger partial charge in [0.1, 0.15) is 24.7 Å². The third-order valence-corrected chi connectivity index (χ3v) is 7.28. The SMILES string of the molecule is COC(=O)[C@H](C)NC(=O)[C@H](CC(C)C)N(C)C(=O)[C@@H](NC(=O)OCC1c2ccccc2-c2ccccc21)C(C)C. The molecule has 1 aliphatic rings. The molecule has 0 aromatic heterocycles. The zero-order chi connectivity index (χ0) is 29.6. The molecule has 3 rings (SSSR count). The van der Waals surface area contributed by atoms with Crippen LogP contribution in [0.4, 0.5) is 4.79 Å². The van der Waals surface area contributed by atoms with Crippen LogP contribution in [0.3, 0.4) is 0 Å². The maximum atomic E-state index is 13.6. The number of carbonyl (C=O) groups excluding carboxylic acids is 4. The minimum Gasteiger partial charge on any atom is -0.467 e. The van der Waals surface area contributed by atoms with Crippen LogP contribution in [0.15, 0.2) is 48.5 Å². The molecular formula is C31H41N3O6. The predicted molar refractivity (Wildman–Crippen MR) is 152 cm³/mol. The maximum Gasteiger partial charge on any atom is 0.407 e. The summed E-state index contributed by atoms with van der Waals surface area (Å²) in [6.45, 7) is 9.16. The van der Waals surface area contributed by atoms with Crippen LogP contribution in [-0.4, -0.2) is 67.7 Å². The molecule has 0 saturated heterocycles. The molecule has 0 heterocycles. The predicted octanol–water partition coefficient (Wildman–Crippen LogP) is 4.10. The number of ether oxygens (including phenoxy) is 2. The van der Waals surface area contributed by atoms with Gasteiger partial charge in [0.05, 0.1) is 7.11 Å². The lowest BCUT2D eigenvalue weighted by atomic mass is 9.98. The Kier molecular flexibility index (Phi) is 10.3. The molecule has 0 fully saturated rings. The largest absolute Gasteiger partial charge is 0.467 e. The minimum atomic E-state index is -0.916. The summed E-state index contributed by atoms with van der Waals surface area (Å²) in [4.78, 5) is 52.8. The van der Waals surface area contributed by atoms with E-state index in [1.807, 2.05) is 64.1 Å². The molecule has 0 saturated carbocycles. The summed E-state index contributed by atoms with van der Waals surface area (Å²) < 4.78 is 10.4. The zero-order valence-electron chi connectivity index (χ0n) is 24.4. The lowest BCUT2D eigenvalue weighted by Crippen LogP contribution is -2.57. The normalized spacial score (nSPS) is 14.5. The number of esters is 1. The summed E-state index contributed by atoms with van der Waals surface area (Å²) >= 11 is 0. The van der Waals surface area contributed by atoms with Crippen molar-refractivity contribution < 1.29 is 28.7 Å². The van der Waals surface area contributed by atoms with Crippen molar-refractivity contribution in [3.8, 4) is 11.1 Å². The molecule has 9 nitrogen and oxygen atoms in total. The van der Waals surface area contributed by atoms with Gasteiger partial charge in [-0.3, -0.25) is 9.59 Å². The Bertz CT molecular complexity index is 1180. The standard InChI is InChI=1S/C31H41N3O6/c1-18(2)16-26(28(35)32-20(5)30(37)39-7)34(6)29(36)27(19(3)4)33-31(38)40-17-25-23-14-10-8-12-21(23)22-13-9-11-15-24(22)25/h8-15,18-20,25-27H,16-17H2,1-7H3,(H,32,35)(H,33,38)/t20-,26-,27-/m0/s1. The van der Waals surface area contributed by atoms with E-state index in [9.17, 15) is 19.2 Å². The van der Waals surface area contributed by atoms with Crippen molar-refractivity contribution in [2.24, 2.45) is 11.8 Å². The van der Waals surface area contributed by atoms with Crippen molar-refractivity contribution in [2.45, 2.75) is 65.1 Å². The van der Waals surface area contributed by atoms with E-state index in [0.717, 1.165) is 22.3 Å². The second-order valence-corrected chi connectivity index (χ2v) is 11.0. The Morgan fingerprint density at radius 3 is 1.93 bits per heavy atom. The second kappa shape index (κ2) is 13.5. The summed E-state index contributed by atoms with van der Waals surface area (Å²) in [6.07, 6.45) is -0.330. The lowest BCUT2D eigenvalue weighted by molar-refractivity contribution is -0.146. The van der Waals surface area contributed by atoms with Gasteiger partial charge in [-0.15, -0.1) is 0 Å². The van der Waals surface area contributed by atoms with Gasteiger partial charge in [0.15, 0.2) is 0 Å². The quantitative estimate of drug-likeness (QED) is 0.407. The van der Waals surface area contributed by atoms with Gasteiger partial charge < -0.3 is 25.0 Å². The Hall–Kier alpha value is -3.88. The Labute approximate surface area is 236 Å². The molecule has 0 unspecified atom stereocenters. The van der Waals surface area contributed by atoms with E-state index in [1.54, 1.807) is 0 Å². The van der Waals surface area contributed by atoms with Gasteiger partial charge in [-0.2, -0.15) is 0 Å². The average Bonchev–Trinajstić information content (AvgIpc) is 3.25. The molecule has 0 aliphatic heterocycles. The fraction of sp³-hybridized carbons (Fsp3) is 0.484. The molecule has 0 spiro atoms. The van der Waals surface area contributed by atoms with Gasteiger partial charge in [0.25, 0.3) is 0 Å². The highest BCUT2D eigenvalue weighted by Gasteiger charge is 2.36. The summed E-state index contributed by atoms with van der Waals surface area (Å²) in [5, 5.41) is 5.36. The van der Waals surface area contributed by atoms with Crippen molar-refractivity contribution >= 4 is 23.9 Å². The van der Waals surface area contributed by atoms with Gasteiger partial charge >= 0.3 is 12.1 Å². The van der Waals surface area contributed by atoms with Crippen molar-refractivity contribution in [2.75, 3.05) is 20.8 Å². The Balaban J connectivity index is 1.70. The number of hydrogen-bond acceptors (Lipinski definition) is 6. The highest BCUT2D eigenvalue weighted by atomic mass is 16.5. The summed E-state index contributed by atoms with van der Waals surface area (Å²) in [6, 6.07) is 13.5. The number of likely N-dealkylation sites (N-methyl/N-ethyl adjacent to an activating group) is 1. The third kappa shape index (κ3) is 7.00. The number of amides is 3. The van der Waals surface area contributed by atoms with Crippen LogP contribution in [0.1, 0.15) is 58.1 Å². The van der Waals surface area contributed by atoms with Crippen LogP contribution in [0.25, 0.3) is 11.1 Å². The zero-order valence-corrected chi connectivity index (χ0v) is 24.4. The molecule has 1 aliphatic carbocycles. The molecule has 9 heteroatoms.